The molecule has 0 bridgehead atoms. The van der Waals surface area contributed by atoms with E-state index in [0.29, 0.717) is 4.83 Å². The Kier molecular flexibility index (Phi) is 7.76. The minimum Gasteiger partial charge on any atom is -0.496 e. The Bertz CT molecular complexity index is 354. The molecule has 0 radical (unpaired) electrons. The van der Waals surface area contributed by atoms with Gasteiger partial charge in [-0.3, -0.25) is 0 Å². The van der Waals surface area contributed by atoms with Crippen molar-refractivity contribution in [2.45, 2.75) is 50.3 Å². The highest BCUT2D eigenvalue weighted by Gasteiger charge is 2.13. The summed E-state index contributed by atoms with van der Waals surface area (Å²) in [7, 11) is 1.70. The quantitative estimate of drug-likeness (QED) is 0.410. The molecule has 0 fully saturated rings. The van der Waals surface area contributed by atoms with Gasteiger partial charge in [0, 0.05) is 15.4 Å². The van der Waals surface area contributed by atoms with Crippen molar-refractivity contribution >= 4 is 27.5 Å². The summed E-state index contributed by atoms with van der Waals surface area (Å²) >= 11 is 9.79. The van der Waals surface area contributed by atoms with E-state index >= 15 is 0 Å². The molecular weight excluding hydrogens is 312 g/mol. The van der Waals surface area contributed by atoms with Crippen molar-refractivity contribution in [3.8, 4) is 5.75 Å². The molecule has 0 aliphatic heterocycles. The van der Waals surface area contributed by atoms with Crippen LogP contribution < -0.4 is 4.74 Å². The van der Waals surface area contributed by atoms with Crippen molar-refractivity contribution in [1.82, 2.24) is 0 Å². The fraction of sp³-hybridized carbons (Fsp3) is 0.600. The van der Waals surface area contributed by atoms with Gasteiger partial charge >= 0.3 is 0 Å². The maximum Gasteiger partial charge on any atom is 0.123 e. The number of halogens is 2. The van der Waals surface area contributed by atoms with Gasteiger partial charge in [-0.05, 0) is 24.6 Å². The zero-order chi connectivity index (χ0) is 13.4. The Hall–Kier alpha value is -0.210. The van der Waals surface area contributed by atoms with Crippen LogP contribution in [0.4, 0.5) is 0 Å². The van der Waals surface area contributed by atoms with Crippen molar-refractivity contribution in [3.05, 3.63) is 28.8 Å². The second-order valence-electron chi connectivity index (χ2n) is 4.56. The lowest BCUT2D eigenvalue weighted by Crippen LogP contribution is -1.95. The fourth-order valence-corrected chi connectivity index (χ4v) is 2.89. The lowest BCUT2D eigenvalue weighted by Gasteiger charge is -2.14. The average Bonchev–Trinajstić information content (AvgIpc) is 2.38. The van der Waals surface area contributed by atoms with Gasteiger partial charge in [0.25, 0.3) is 0 Å². The zero-order valence-electron chi connectivity index (χ0n) is 11.2. The normalized spacial score (nSPS) is 12.4. The van der Waals surface area contributed by atoms with Crippen LogP contribution in [-0.4, -0.2) is 7.11 Å². The van der Waals surface area contributed by atoms with Crippen LogP contribution in [0.5, 0.6) is 5.75 Å². The van der Waals surface area contributed by atoms with E-state index in [-0.39, 0.29) is 0 Å². The third kappa shape index (κ3) is 5.19. The Labute approximate surface area is 124 Å². The van der Waals surface area contributed by atoms with Gasteiger partial charge in [-0.2, -0.15) is 0 Å². The molecule has 0 heterocycles. The second kappa shape index (κ2) is 8.82. The zero-order valence-corrected chi connectivity index (χ0v) is 13.6. The van der Waals surface area contributed by atoms with Crippen LogP contribution in [0.15, 0.2) is 18.2 Å². The molecule has 102 valence electrons. The summed E-state index contributed by atoms with van der Waals surface area (Å²) in [6.45, 7) is 2.24. The molecule has 0 aliphatic rings. The summed E-state index contributed by atoms with van der Waals surface area (Å²) in [4.78, 5) is 0.327. The minimum atomic E-state index is 0.327. The Morgan fingerprint density at radius 1 is 1.22 bits per heavy atom. The molecule has 1 atom stereocenters. The van der Waals surface area contributed by atoms with E-state index in [2.05, 4.69) is 22.9 Å². The van der Waals surface area contributed by atoms with Gasteiger partial charge in [0.1, 0.15) is 5.75 Å². The van der Waals surface area contributed by atoms with Crippen molar-refractivity contribution in [2.75, 3.05) is 7.11 Å². The van der Waals surface area contributed by atoms with Crippen LogP contribution in [0, 0.1) is 0 Å². The molecule has 1 aromatic rings. The van der Waals surface area contributed by atoms with Gasteiger partial charge in [-0.25, -0.2) is 0 Å². The molecule has 0 aromatic heterocycles. The van der Waals surface area contributed by atoms with Crippen molar-refractivity contribution < 1.29 is 4.74 Å². The van der Waals surface area contributed by atoms with Gasteiger partial charge in [0.2, 0.25) is 0 Å². The summed E-state index contributed by atoms with van der Waals surface area (Å²) in [5, 5.41) is 0.765. The highest BCUT2D eigenvalue weighted by molar-refractivity contribution is 9.09. The smallest absolute Gasteiger partial charge is 0.123 e. The lowest BCUT2D eigenvalue weighted by atomic mass is 10.0. The number of hydrogen-bond donors (Lipinski definition) is 0. The second-order valence-corrected chi connectivity index (χ2v) is 6.10. The summed E-state index contributed by atoms with van der Waals surface area (Å²) in [6.07, 6.45) is 7.64. The van der Waals surface area contributed by atoms with Gasteiger partial charge < -0.3 is 4.74 Å². The van der Waals surface area contributed by atoms with E-state index in [9.17, 15) is 0 Å². The summed E-state index contributed by atoms with van der Waals surface area (Å²) in [5.41, 5.74) is 1.15. The fourth-order valence-electron chi connectivity index (χ4n) is 2.03. The molecule has 0 N–H and O–H groups in total. The van der Waals surface area contributed by atoms with Crippen LogP contribution >= 0.6 is 27.5 Å². The van der Waals surface area contributed by atoms with Gasteiger partial charge in [-0.1, -0.05) is 66.6 Å². The lowest BCUT2D eigenvalue weighted by molar-refractivity contribution is 0.408. The van der Waals surface area contributed by atoms with E-state index in [1.165, 1.54) is 32.1 Å². The number of alkyl halides is 1. The number of methoxy groups -OCH3 is 1. The van der Waals surface area contributed by atoms with Crippen LogP contribution in [0.25, 0.3) is 0 Å². The molecule has 0 amide bonds. The number of rotatable bonds is 8. The molecule has 1 aromatic carbocycles. The molecule has 0 spiro atoms. The first-order valence-corrected chi connectivity index (χ1v) is 7.96. The highest BCUT2D eigenvalue weighted by Crippen LogP contribution is 2.36. The van der Waals surface area contributed by atoms with E-state index in [4.69, 9.17) is 16.3 Å². The van der Waals surface area contributed by atoms with Crippen LogP contribution in [0.1, 0.15) is 55.8 Å². The third-order valence-electron chi connectivity index (χ3n) is 3.09. The van der Waals surface area contributed by atoms with Crippen LogP contribution in [0.3, 0.4) is 0 Å². The van der Waals surface area contributed by atoms with Crippen molar-refractivity contribution in [2.24, 2.45) is 0 Å². The summed E-state index contributed by atoms with van der Waals surface area (Å²) in [5.74, 6) is 0.912. The van der Waals surface area contributed by atoms with Crippen LogP contribution in [-0.2, 0) is 0 Å². The van der Waals surface area contributed by atoms with Gasteiger partial charge in [-0.15, -0.1) is 0 Å². The topological polar surface area (TPSA) is 9.23 Å². The van der Waals surface area contributed by atoms with E-state index in [1.807, 2.05) is 18.2 Å². The summed E-state index contributed by atoms with van der Waals surface area (Å²) in [6, 6.07) is 5.79. The Balaban J connectivity index is 2.49. The predicted molar refractivity (Wildman–Crippen MR) is 83.0 cm³/mol. The number of benzene rings is 1. The third-order valence-corrected chi connectivity index (χ3v) is 4.28. The molecule has 3 heteroatoms. The van der Waals surface area contributed by atoms with Gasteiger partial charge in [0.15, 0.2) is 0 Å². The first kappa shape index (κ1) is 15.8. The van der Waals surface area contributed by atoms with E-state index in [0.717, 1.165) is 22.8 Å². The molecule has 0 saturated carbocycles. The first-order chi connectivity index (χ1) is 8.69. The molecule has 1 nitrogen and oxygen atoms in total. The van der Waals surface area contributed by atoms with Crippen molar-refractivity contribution in [3.63, 3.8) is 0 Å². The SMILES string of the molecule is CCCCCCCC(Br)c1cc(Cl)ccc1OC. The van der Waals surface area contributed by atoms with E-state index in [1.54, 1.807) is 7.11 Å². The molecule has 0 saturated heterocycles. The average molecular weight is 334 g/mol. The minimum absolute atomic E-state index is 0.327. The molecule has 1 rings (SSSR count). The Morgan fingerprint density at radius 2 is 1.94 bits per heavy atom. The molecule has 1 unspecified atom stereocenters. The number of unbranched alkanes of at least 4 members (excludes halogenated alkanes) is 4. The van der Waals surface area contributed by atoms with Crippen molar-refractivity contribution in [1.29, 1.82) is 0 Å². The predicted octanol–water partition coefficient (Wildman–Crippen LogP) is 6.15. The molecule has 18 heavy (non-hydrogen) atoms. The highest BCUT2D eigenvalue weighted by atomic mass is 79.9. The number of ether oxygens (including phenoxy) is 1. The van der Waals surface area contributed by atoms with Crippen LogP contribution in [0.2, 0.25) is 5.02 Å². The Morgan fingerprint density at radius 3 is 2.61 bits per heavy atom. The number of hydrogen-bond acceptors (Lipinski definition) is 1. The first-order valence-electron chi connectivity index (χ1n) is 6.66. The summed E-state index contributed by atoms with van der Waals surface area (Å²) < 4.78 is 5.38. The van der Waals surface area contributed by atoms with E-state index < -0.39 is 0 Å². The standard InChI is InChI=1S/C15H22BrClO/c1-3-4-5-6-7-8-14(16)13-11-12(17)9-10-15(13)18-2/h9-11,14H,3-8H2,1-2H3. The largest absolute Gasteiger partial charge is 0.496 e. The van der Waals surface area contributed by atoms with Gasteiger partial charge in [0.05, 0.1) is 7.11 Å². The monoisotopic (exact) mass is 332 g/mol. The molecule has 0 aliphatic carbocycles. The maximum absolute atomic E-state index is 6.04. The molecular formula is C15H22BrClO. The maximum atomic E-state index is 6.04.